The van der Waals surface area contributed by atoms with Crippen LogP contribution in [-0.2, 0) is 25.9 Å². The van der Waals surface area contributed by atoms with Gasteiger partial charge in [0.1, 0.15) is 0 Å². The minimum atomic E-state index is -0.612. The van der Waals surface area contributed by atoms with Crippen LogP contribution in [-0.4, -0.2) is 56.9 Å². The number of nitrogens with zero attached hydrogens (tertiary/aromatic N) is 2. The fourth-order valence-corrected chi connectivity index (χ4v) is 6.19. The molecule has 0 saturated carbocycles. The van der Waals surface area contributed by atoms with Crippen molar-refractivity contribution < 1.29 is 0 Å². The van der Waals surface area contributed by atoms with E-state index < -0.39 is 22.2 Å². The van der Waals surface area contributed by atoms with Gasteiger partial charge in [0.2, 0.25) is 0 Å². The van der Waals surface area contributed by atoms with Gasteiger partial charge >= 0.3 is 22.2 Å². The van der Waals surface area contributed by atoms with Gasteiger partial charge in [-0.05, 0) is 61.3 Å². The van der Waals surface area contributed by atoms with Crippen molar-refractivity contribution in [2.45, 2.75) is 25.9 Å². The van der Waals surface area contributed by atoms with E-state index in [0.717, 1.165) is 70.1 Å². The first-order valence-electron chi connectivity index (χ1n) is 11.4. The van der Waals surface area contributed by atoms with Crippen molar-refractivity contribution in [2.75, 3.05) is 27.2 Å². The fourth-order valence-electron chi connectivity index (χ4n) is 4.86. The Balaban J connectivity index is 0.000000148. The largest absolute Gasteiger partial charge is 0.316 e. The van der Waals surface area contributed by atoms with Crippen LogP contribution in [0.2, 0.25) is 0 Å². The average molecular weight is 620 g/mol. The van der Waals surface area contributed by atoms with Gasteiger partial charge in [-0.25, -0.2) is 0 Å². The molecule has 2 aromatic carbocycles. The number of aromatic nitrogens is 4. The van der Waals surface area contributed by atoms with Gasteiger partial charge in [0, 0.05) is 35.1 Å². The number of benzene rings is 2. The summed E-state index contributed by atoms with van der Waals surface area (Å²) >= 11 is 7.07. The number of aromatic amines is 4. The lowest BCUT2D eigenvalue weighted by molar-refractivity contribution is 0.314. The SMILES string of the molecule is CN1CCc2c(Br)cc3[nH]c(=O)c(=O)[nH]c3c2C1.CN1CCc2c(Br)cc3[nH]c(=O)c(=O)[nH]c3c2C1. The number of H-pyrrole nitrogens is 4. The van der Waals surface area contributed by atoms with Crippen LogP contribution in [0.5, 0.6) is 0 Å². The molecule has 0 atom stereocenters. The van der Waals surface area contributed by atoms with Gasteiger partial charge in [0.05, 0.1) is 22.1 Å². The molecule has 0 aliphatic carbocycles. The van der Waals surface area contributed by atoms with Gasteiger partial charge in [0.15, 0.2) is 0 Å². The van der Waals surface area contributed by atoms with Crippen LogP contribution in [0.4, 0.5) is 0 Å². The number of likely N-dealkylation sites (N-methyl/N-ethyl adjacent to an activating group) is 2. The number of rotatable bonds is 0. The van der Waals surface area contributed by atoms with Crippen LogP contribution in [0.1, 0.15) is 22.3 Å². The summed E-state index contributed by atoms with van der Waals surface area (Å²) in [6.45, 7) is 3.52. The van der Waals surface area contributed by atoms with E-state index in [1.165, 1.54) is 11.1 Å². The van der Waals surface area contributed by atoms with Crippen LogP contribution in [0.25, 0.3) is 22.1 Å². The second-order valence-electron chi connectivity index (χ2n) is 9.27. The summed E-state index contributed by atoms with van der Waals surface area (Å²) in [5, 5.41) is 0. The quantitative estimate of drug-likeness (QED) is 0.222. The summed E-state index contributed by atoms with van der Waals surface area (Å²) in [6.07, 6.45) is 1.87. The molecule has 0 amide bonds. The fraction of sp³-hybridized carbons (Fsp3) is 0.333. The van der Waals surface area contributed by atoms with Crippen LogP contribution in [0.15, 0.2) is 40.3 Å². The lowest BCUT2D eigenvalue weighted by atomic mass is 9.98. The molecule has 36 heavy (non-hydrogen) atoms. The molecular weight excluding hydrogens is 596 g/mol. The Hall–Kier alpha value is -2.80. The summed E-state index contributed by atoms with van der Waals surface area (Å²) in [5.74, 6) is 0. The number of nitrogens with one attached hydrogen (secondary N) is 4. The third-order valence-electron chi connectivity index (χ3n) is 6.72. The first-order valence-corrected chi connectivity index (χ1v) is 13.0. The topological polar surface area (TPSA) is 138 Å². The number of hydrogen-bond donors (Lipinski definition) is 4. The molecule has 2 aliphatic heterocycles. The monoisotopic (exact) mass is 618 g/mol. The summed E-state index contributed by atoms with van der Waals surface area (Å²) in [4.78, 5) is 60.6. The predicted octanol–water partition coefficient (Wildman–Crippen LogP) is 1.93. The Bertz CT molecular complexity index is 1620. The molecule has 4 aromatic rings. The molecule has 4 N–H and O–H groups in total. The highest BCUT2D eigenvalue weighted by Gasteiger charge is 2.21. The van der Waals surface area contributed by atoms with E-state index >= 15 is 0 Å². The molecule has 6 rings (SSSR count). The maximum absolute atomic E-state index is 11.5. The van der Waals surface area contributed by atoms with E-state index in [1.54, 1.807) is 0 Å². The summed E-state index contributed by atoms with van der Waals surface area (Å²) in [7, 11) is 4.08. The number of fused-ring (bicyclic) bond motifs is 6. The standard InChI is InChI=1S/2C12H12BrN3O2/c2*1-16-3-2-6-7(5-16)10-9(4-8(6)13)14-11(17)12(18)15-10/h2*4H,2-3,5H2,1H3,(H,14,17)(H,15,18). The average Bonchev–Trinajstić information content (AvgIpc) is 2.82. The summed E-state index contributed by atoms with van der Waals surface area (Å²) in [5.41, 5.74) is 4.99. The van der Waals surface area contributed by atoms with E-state index in [4.69, 9.17) is 0 Å². The lowest BCUT2D eigenvalue weighted by Crippen LogP contribution is -2.31. The number of hydrogen-bond acceptors (Lipinski definition) is 6. The Labute approximate surface area is 221 Å². The van der Waals surface area contributed by atoms with E-state index in [9.17, 15) is 19.2 Å². The Morgan fingerprint density at radius 1 is 0.611 bits per heavy atom. The van der Waals surface area contributed by atoms with E-state index in [1.807, 2.05) is 26.2 Å². The third kappa shape index (κ3) is 4.54. The second kappa shape index (κ2) is 9.58. The Morgan fingerprint density at radius 3 is 1.36 bits per heavy atom. The molecule has 0 radical (unpaired) electrons. The van der Waals surface area contributed by atoms with Crippen molar-refractivity contribution in [3.8, 4) is 0 Å². The van der Waals surface area contributed by atoms with Crippen molar-refractivity contribution in [3.05, 3.63) is 84.7 Å². The Kier molecular flexibility index (Phi) is 6.62. The van der Waals surface area contributed by atoms with E-state index in [2.05, 4.69) is 61.6 Å². The van der Waals surface area contributed by atoms with Gasteiger partial charge in [-0.15, -0.1) is 0 Å². The van der Waals surface area contributed by atoms with Gasteiger partial charge in [0.25, 0.3) is 0 Å². The van der Waals surface area contributed by atoms with Gasteiger partial charge in [-0.3, -0.25) is 19.2 Å². The van der Waals surface area contributed by atoms with Crippen molar-refractivity contribution in [2.24, 2.45) is 0 Å². The van der Waals surface area contributed by atoms with Crippen molar-refractivity contribution in [1.29, 1.82) is 0 Å². The molecule has 12 heteroatoms. The highest BCUT2D eigenvalue weighted by molar-refractivity contribution is 9.10. The summed E-state index contributed by atoms with van der Waals surface area (Å²) < 4.78 is 1.97. The van der Waals surface area contributed by atoms with Crippen LogP contribution in [0, 0.1) is 0 Å². The normalized spacial score (nSPS) is 15.9. The van der Waals surface area contributed by atoms with Crippen LogP contribution in [0.3, 0.4) is 0 Å². The second-order valence-corrected chi connectivity index (χ2v) is 11.0. The molecule has 10 nitrogen and oxygen atoms in total. The highest BCUT2D eigenvalue weighted by Crippen LogP contribution is 2.31. The van der Waals surface area contributed by atoms with Gasteiger partial charge in [-0.1, -0.05) is 31.9 Å². The number of halogens is 2. The van der Waals surface area contributed by atoms with Crippen LogP contribution < -0.4 is 22.2 Å². The van der Waals surface area contributed by atoms with Crippen molar-refractivity contribution in [3.63, 3.8) is 0 Å². The first-order chi connectivity index (χ1) is 17.1. The van der Waals surface area contributed by atoms with Crippen molar-refractivity contribution in [1.82, 2.24) is 29.7 Å². The zero-order valence-corrected chi connectivity index (χ0v) is 22.9. The minimum absolute atomic E-state index is 0.597. The van der Waals surface area contributed by atoms with E-state index in [0.29, 0.717) is 11.0 Å². The molecule has 0 saturated heterocycles. The molecule has 2 aliphatic rings. The molecule has 0 spiro atoms. The van der Waals surface area contributed by atoms with Crippen LogP contribution >= 0.6 is 31.9 Å². The van der Waals surface area contributed by atoms with Gasteiger partial charge in [-0.2, -0.15) is 0 Å². The predicted molar refractivity (Wildman–Crippen MR) is 146 cm³/mol. The van der Waals surface area contributed by atoms with E-state index in [-0.39, 0.29) is 0 Å². The minimum Gasteiger partial charge on any atom is -0.316 e. The zero-order chi connectivity index (χ0) is 25.7. The zero-order valence-electron chi connectivity index (χ0n) is 19.7. The molecular formula is C24H24Br2N6O4. The molecule has 4 heterocycles. The third-order valence-corrected chi connectivity index (χ3v) is 8.13. The van der Waals surface area contributed by atoms with Crippen molar-refractivity contribution >= 4 is 53.9 Å². The smallest absolute Gasteiger partial charge is 0.314 e. The maximum atomic E-state index is 11.5. The first kappa shape index (κ1) is 24.9. The molecule has 0 fully saturated rings. The lowest BCUT2D eigenvalue weighted by Gasteiger charge is -2.26. The molecule has 0 bridgehead atoms. The highest BCUT2D eigenvalue weighted by atomic mass is 79.9. The molecule has 2 aromatic heterocycles. The molecule has 188 valence electrons. The maximum Gasteiger partial charge on any atom is 0.314 e. The molecule has 0 unspecified atom stereocenters. The summed E-state index contributed by atoms with van der Waals surface area (Å²) in [6, 6.07) is 3.72. The Morgan fingerprint density at radius 2 is 0.972 bits per heavy atom. The van der Waals surface area contributed by atoms with Gasteiger partial charge < -0.3 is 29.7 Å².